The largest absolute Gasteiger partial charge is 0.490 e. The van der Waals surface area contributed by atoms with Gasteiger partial charge in [-0.15, -0.1) is 0 Å². The Morgan fingerprint density at radius 3 is 2.46 bits per heavy atom. The molecular formula is C34H28BrNO5. The third kappa shape index (κ3) is 4.60. The van der Waals surface area contributed by atoms with Crippen molar-refractivity contribution in [2.75, 3.05) is 13.7 Å². The van der Waals surface area contributed by atoms with Gasteiger partial charge in [-0.1, -0.05) is 66.7 Å². The number of benzene rings is 4. The van der Waals surface area contributed by atoms with E-state index in [1.807, 2.05) is 74.5 Å². The van der Waals surface area contributed by atoms with Crippen LogP contribution in [0.5, 0.6) is 11.5 Å². The standard InChI is InChI=1S/C34H28BrNO5/c1-4-40-27-17-22(16-26(35)33(27)41-18-21-12-9-11-20-10-5-6-13-23(20)21)29-28(34(38)39-3)19(2)36-31-24-14-7-8-15-25(24)32(37)30(29)31/h5-17,29,36H,4,18H2,1-3H3/t29-/m0/s1. The summed E-state index contributed by atoms with van der Waals surface area (Å²) in [6.07, 6.45) is 0. The summed E-state index contributed by atoms with van der Waals surface area (Å²) in [5.41, 5.74) is 5.43. The van der Waals surface area contributed by atoms with Gasteiger partial charge in [0.15, 0.2) is 17.3 Å². The quantitative estimate of drug-likeness (QED) is 0.221. The first kappa shape index (κ1) is 26.8. The fourth-order valence-electron chi connectivity index (χ4n) is 5.77. The zero-order valence-electron chi connectivity index (χ0n) is 22.9. The van der Waals surface area contributed by atoms with E-state index in [1.165, 1.54) is 7.11 Å². The molecule has 1 aliphatic carbocycles. The number of fused-ring (bicyclic) bond motifs is 3. The summed E-state index contributed by atoms with van der Waals surface area (Å²) in [6.45, 7) is 4.47. The molecule has 1 N–H and O–H groups in total. The van der Waals surface area contributed by atoms with Gasteiger partial charge in [0.2, 0.25) is 0 Å². The van der Waals surface area contributed by atoms with E-state index in [-0.39, 0.29) is 5.78 Å². The average Bonchev–Trinajstić information content (AvgIpc) is 3.26. The lowest BCUT2D eigenvalue weighted by atomic mass is 9.79. The van der Waals surface area contributed by atoms with E-state index in [0.29, 0.717) is 62.9 Å². The Morgan fingerprint density at radius 2 is 1.68 bits per heavy atom. The Balaban J connectivity index is 1.44. The zero-order chi connectivity index (χ0) is 28.7. The Kier molecular flexibility index (Phi) is 7.14. The normalized spacial score (nSPS) is 15.9. The topological polar surface area (TPSA) is 73.9 Å². The lowest BCUT2D eigenvalue weighted by Gasteiger charge is -2.29. The number of nitrogens with one attached hydrogen (secondary N) is 1. The van der Waals surface area contributed by atoms with Crippen molar-refractivity contribution in [1.82, 2.24) is 5.32 Å². The first-order chi connectivity index (χ1) is 19.9. The molecule has 41 heavy (non-hydrogen) atoms. The van der Waals surface area contributed by atoms with Crippen molar-refractivity contribution in [3.8, 4) is 11.5 Å². The number of carbonyl (C=O) groups is 2. The molecule has 1 heterocycles. The fourth-order valence-corrected chi connectivity index (χ4v) is 6.34. The number of dihydropyridines is 1. The molecule has 1 atom stereocenters. The molecule has 0 unspecified atom stereocenters. The van der Waals surface area contributed by atoms with Gasteiger partial charge in [-0.25, -0.2) is 4.79 Å². The molecule has 0 amide bonds. The van der Waals surface area contributed by atoms with E-state index in [1.54, 1.807) is 0 Å². The van der Waals surface area contributed by atoms with Gasteiger partial charge >= 0.3 is 5.97 Å². The maximum Gasteiger partial charge on any atom is 0.336 e. The number of carbonyl (C=O) groups excluding carboxylic acids is 2. The maximum atomic E-state index is 13.8. The number of hydrogen-bond donors (Lipinski definition) is 1. The van der Waals surface area contributed by atoms with Crippen molar-refractivity contribution in [2.45, 2.75) is 26.4 Å². The van der Waals surface area contributed by atoms with Gasteiger partial charge < -0.3 is 19.5 Å². The van der Waals surface area contributed by atoms with E-state index >= 15 is 0 Å². The molecule has 0 radical (unpaired) electrons. The first-order valence-corrected chi connectivity index (χ1v) is 14.2. The third-order valence-corrected chi connectivity index (χ3v) is 8.16. The number of hydrogen-bond acceptors (Lipinski definition) is 6. The number of ketones is 1. The van der Waals surface area contributed by atoms with Gasteiger partial charge in [-0.2, -0.15) is 0 Å². The highest BCUT2D eigenvalue weighted by molar-refractivity contribution is 9.10. The Hall–Kier alpha value is -4.36. The highest BCUT2D eigenvalue weighted by atomic mass is 79.9. The van der Waals surface area contributed by atoms with Crippen LogP contribution in [0, 0.1) is 0 Å². The summed E-state index contributed by atoms with van der Waals surface area (Å²) in [5.74, 6) is -0.218. The second-order valence-electron chi connectivity index (χ2n) is 9.94. The lowest BCUT2D eigenvalue weighted by Crippen LogP contribution is -2.29. The minimum Gasteiger partial charge on any atom is -0.490 e. The van der Waals surface area contributed by atoms with Gasteiger partial charge in [0.25, 0.3) is 0 Å². The lowest BCUT2D eigenvalue weighted by molar-refractivity contribution is -0.136. The minimum atomic E-state index is -0.666. The predicted octanol–water partition coefficient (Wildman–Crippen LogP) is 7.32. The monoisotopic (exact) mass is 609 g/mol. The summed E-state index contributed by atoms with van der Waals surface area (Å²) in [7, 11) is 1.35. The Labute approximate surface area is 246 Å². The molecule has 0 saturated carbocycles. The van der Waals surface area contributed by atoms with E-state index in [9.17, 15) is 9.59 Å². The molecular weight excluding hydrogens is 582 g/mol. The number of methoxy groups -OCH3 is 1. The second kappa shape index (κ2) is 10.9. The van der Waals surface area contributed by atoms with Crippen LogP contribution in [0.15, 0.2) is 100 Å². The van der Waals surface area contributed by atoms with Crippen LogP contribution in [0.25, 0.3) is 16.5 Å². The molecule has 6 rings (SSSR count). The summed E-state index contributed by atoms with van der Waals surface area (Å²) in [4.78, 5) is 26.9. The highest BCUT2D eigenvalue weighted by Crippen LogP contribution is 2.49. The average molecular weight is 611 g/mol. The number of rotatable bonds is 7. The van der Waals surface area contributed by atoms with Crippen molar-refractivity contribution in [1.29, 1.82) is 0 Å². The molecule has 0 saturated heterocycles. The first-order valence-electron chi connectivity index (χ1n) is 13.4. The number of esters is 1. The van der Waals surface area contributed by atoms with E-state index < -0.39 is 11.9 Å². The molecule has 1 aliphatic heterocycles. The van der Waals surface area contributed by atoms with Crippen LogP contribution < -0.4 is 14.8 Å². The van der Waals surface area contributed by atoms with Gasteiger partial charge in [0, 0.05) is 28.3 Å². The van der Waals surface area contributed by atoms with Crippen molar-refractivity contribution in [3.05, 3.63) is 122 Å². The number of Topliss-reactive ketones (excluding diaryl/α,β-unsaturated/α-hetero) is 1. The molecule has 0 aromatic heterocycles. The maximum absolute atomic E-state index is 13.8. The molecule has 0 spiro atoms. The number of halogens is 1. The van der Waals surface area contributed by atoms with Crippen LogP contribution in [0.3, 0.4) is 0 Å². The smallest absolute Gasteiger partial charge is 0.336 e. The highest BCUT2D eigenvalue weighted by Gasteiger charge is 2.43. The van der Waals surface area contributed by atoms with E-state index in [0.717, 1.165) is 21.9 Å². The van der Waals surface area contributed by atoms with Gasteiger partial charge in [0.05, 0.1) is 29.5 Å². The SMILES string of the molecule is CCOc1cc([C@H]2C(C(=O)OC)=C(C)NC3=C2C(=O)c2ccccc23)cc(Br)c1OCc1cccc2ccccc12. The summed E-state index contributed by atoms with van der Waals surface area (Å²) < 4.78 is 18.3. The van der Waals surface area contributed by atoms with Crippen molar-refractivity contribution in [2.24, 2.45) is 0 Å². The third-order valence-electron chi connectivity index (χ3n) is 7.57. The van der Waals surface area contributed by atoms with Crippen LogP contribution in [-0.4, -0.2) is 25.5 Å². The van der Waals surface area contributed by atoms with Crippen LogP contribution in [0.2, 0.25) is 0 Å². The molecule has 7 heteroatoms. The second-order valence-corrected chi connectivity index (χ2v) is 10.8. The molecule has 4 aromatic carbocycles. The minimum absolute atomic E-state index is 0.118. The molecule has 0 bridgehead atoms. The van der Waals surface area contributed by atoms with Gasteiger partial charge in [-0.05, 0) is 63.8 Å². The van der Waals surface area contributed by atoms with Crippen LogP contribution in [-0.2, 0) is 16.1 Å². The van der Waals surface area contributed by atoms with E-state index in [4.69, 9.17) is 14.2 Å². The molecule has 6 nitrogen and oxygen atoms in total. The van der Waals surface area contributed by atoms with E-state index in [2.05, 4.69) is 39.4 Å². The molecule has 4 aromatic rings. The van der Waals surface area contributed by atoms with Crippen LogP contribution in [0.4, 0.5) is 0 Å². The van der Waals surface area contributed by atoms with Gasteiger partial charge in [-0.3, -0.25) is 4.79 Å². The number of ether oxygens (including phenoxy) is 3. The molecule has 2 aliphatic rings. The summed E-state index contributed by atoms with van der Waals surface area (Å²) >= 11 is 3.71. The zero-order valence-corrected chi connectivity index (χ0v) is 24.5. The molecule has 0 fully saturated rings. The van der Waals surface area contributed by atoms with Crippen molar-refractivity contribution >= 4 is 44.2 Å². The van der Waals surface area contributed by atoms with Crippen molar-refractivity contribution in [3.63, 3.8) is 0 Å². The summed E-state index contributed by atoms with van der Waals surface area (Å²) in [6, 6.07) is 25.6. The molecule has 206 valence electrons. The predicted molar refractivity (Wildman–Crippen MR) is 162 cm³/mol. The fraction of sp³-hybridized carbons (Fsp3) is 0.176. The van der Waals surface area contributed by atoms with Crippen molar-refractivity contribution < 1.29 is 23.8 Å². The van der Waals surface area contributed by atoms with Gasteiger partial charge in [0.1, 0.15) is 6.61 Å². The van der Waals surface area contributed by atoms with Crippen LogP contribution in [0.1, 0.15) is 46.8 Å². The Morgan fingerprint density at radius 1 is 0.951 bits per heavy atom. The summed E-state index contributed by atoms with van der Waals surface area (Å²) in [5, 5.41) is 5.58. The van der Waals surface area contributed by atoms with Crippen LogP contribution >= 0.6 is 15.9 Å². The Bertz CT molecular complexity index is 1780. The number of allylic oxidation sites excluding steroid dienone is 2.